The Hall–Kier alpha value is -1.13. The van der Waals surface area contributed by atoms with Crippen LogP contribution in [0.5, 0.6) is 0 Å². The highest BCUT2D eigenvalue weighted by Crippen LogP contribution is 2.36. The summed E-state index contributed by atoms with van der Waals surface area (Å²) in [4.78, 5) is 1.33. The van der Waals surface area contributed by atoms with Gasteiger partial charge in [-0.3, -0.25) is 4.68 Å². The van der Waals surface area contributed by atoms with E-state index in [-0.39, 0.29) is 0 Å². The molecular weight excluding hydrogens is 230 g/mol. The van der Waals surface area contributed by atoms with Crippen molar-refractivity contribution in [3.8, 4) is 10.4 Å². The van der Waals surface area contributed by atoms with Gasteiger partial charge in [-0.05, 0) is 37.8 Å². The van der Waals surface area contributed by atoms with E-state index >= 15 is 0 Å². The monoisotopic (exact) mass is 247 g/mol. The number of aryl methyl sites for hydroxylation is 2. The van der Waals surface area contributed by atoms with Crippen molar-refractivity contribution in [3.63, 3.8) is 0 Å². The molecule has 0 saturated carbocycles. The minimum atomic E-state index is 0.471. The summed E-state index contributed by atoms with van der Waals surface area (Å²) in [6.07, 6.45) is 2.48. The van der Waals surface area contributed by atoms with Crippen LogP contribution < -0.4 is 5.32 Å². The molecule has 4 heteroatoms. The minimum absolute atomic E-state index is 0.471. The molecule has 2 aromatic heterocycles. The Labute approximate surface area is 105 Å². The molecule has 1 fully saturated rings. The Morgan fingerprint density at radius 1 is 1.53 bits per heavy atom. The van der Waals surface area contributed by atoms with Crippen LogP contribution in [0.2, 0.25) is 0 Å². The number of aromatic nitrogens is 2. The highest BCUT2D eigenvalue weighted by atomic mass is 32.1. The van der Waals surface area contributed by atoms with E-state index in [2.05, 4.69) is 41.9 Å². The van der Waals surface area contributed by atoms with Gasteiger partial charge in [0, 0.05) is 23.5 Å². The lowest BCUT2D eigenvalue weighted by atomic mass is 10.0. The fraction of sp³-hybridized carbons (Fsp3) is 0.462. The van der Waals surface area contributed by atoms with Crippen molar-refractivity contribution >= 4 is 11.3 Å². The van der Waals surface area contributed by atoms with Gasteiger partial charge in [0.1, 0.15) is 0 Å². The third kappa shape index (κ3) is 1.81. The average Bonchev–Trinajstić information content (AvgIpc) is 2.98. The summed E-state index contributed by atoms with van der Waals surface area (Å²) in [5.41, 5.74) is 3.82. The van der Waals surface area contributed by atoms with E-state index < -0.39 is 0 Å². The first-order valence-electron chi connectivity index (χ1n) is 6.08. The molecule has 1 aliphatic heterocycles. The highest BCUT2D eigenvalue weighted by Gasteiger charge is 2.25. The molecule has 0 bridgehead atoms. The average molecular weight is 247 g/mol. The van der Waals surface area contributed by atoms with Gasteiger partial charge in [0.2, 0.25) is 0 Å². The quantitative estimate of drug-likeness (QED) is 0.884. The van der Waals surface area contributed by atoms with Crippen molar-refractivity contribution in [2.45, 2.75) is 25.8 Å². The molecule has 17 heavy (non-hydrogen) atoms. The maximum absolute atomic E-state index is 4.59. The molecule has 0 amide bonds. The van der Waals surface area contributed by atoms with Gasteiger partial charge in [-0.25, -0.2) is 0 Å². The second-order valence-corrected chi connectivity index (χ2v) is 5.54. The molecule has 1 atom stereocenters. The van der Waals surface area contributed by atoms with Crippen LogP contribution in [0.3, 0.4) is 0 Å². The summed E-state index contributed by atoms with van der Waals surface area (Å²) < 4.78 is 2.05. The van der Waals surface area contributed by atoms with Crippen molar-refractivity contribution in [1.29, 1.82) is 0 Å². The second kappa shape index (κ2) is 4.27. The molecule has 0 aliphatic carbocycles. The van der Waals surface area contributed by atoms with Crippen molar-refractivity contribution in [3.05, 3.63) is 28.9 Å². The van der Waals surface area contributed by atoms with E-state index in [4.69, 9.17) is 0 Å². The molecule has 3 nitrogen and oxygen atoms in total. The Balaban J connectivity index is 2.13. The van der Waals surface area contributed by atoms with E-state index in [0.29, 0.717) is 6.04 Å². The molecule has 0 spiro atoms. The number of thiophene rings is 1. The molecule has 1 aliphatic rings. The van der Waals surface area contributed by atoms with Crippen molar-refractivity contribution in [2.24, 2.45) is 7.05 Å². The van der Waals surface area contributed by atoms with Crippen LogP contribution >= 0.6 is 11.3 Å². The third-order valence-corrected chi connectivity index (χ3v) is 4.31. The first-order chi connectivity index (χ1) is 8.27. The maximum atomic E-state index is 4.59. The normalized spacial score (nSPS) is 20.0. The Morgan fingerprint density at radius 3 is 3.06 bits per heavy atom. The molecule has 1 unspecified atom stereocenters. The number of hydrogen-bond donors (Lipinski definition) is 1. The summed E-state index contributed by atoms with van der Waals surface area (Å²) in [6.45, 7) is 3.23. The van der Waals surface area contributed by atoms with Crippen LogP contribution in [0.4, 0.5) is 0 Å². The van der Waals surface area contributed by atoms with E-state index in [1.54, 1.807) is 11.3 Å². The Morgan fingerprint density at radius 2 is 2.41 bits per heavy atom. The van der Waals surface area contributed by atoms with Crippen LogP contribution in [0.25, 0.3) is 10.4 Å². The van der Waals surface area contributed by atoms with E-state index in [1.165, 1.54) is 29.0 Å². The van der Waals surface area contributed by atoms with Gasteiger partial charge in [-0.2, -0.15) is 5.10 Å². The first-order valence-corrected chi connectivity index (χ1v) is 6.96. The molecule has 0 aromatic carbocycles. The van der Waals surface area contributed by atoms with E-state index in [9.17, 15) is 0 Å². The van der Waals surface area contributed by atoms with Crippen molar-refractivity contribution < 1.29 is 0 Å². The zero-order valence-corrected chi connectivity index (χ0v) is 11.0. The highest BCUT2D eigenvalue weighted by molar-refractivity contribution is 7.13. The zero-order valence-electron chi connectivity index (χ0n) is 10.2. The largest absolute Gasteiger partial charge is 0.309 e. The van der Waals surface area contributed by atoms with Crippen LogP contribution in [-0.2, 0) is 7.05 Å². The SMILES string of the molecule is Cc1nn(C)c(C2CCCN2)c1-c1cccs1. The van der Waals surface area contributed by atoms with Gasteiger partial charge >= 0.3 is 0 Å². The Bertz CT molecular complexity index is 507. The standard InChI is InChI=1S/C13H17N3S/c1-9-12(11-6-4-8-17-11)13(16(2)15-9)10-5-3-7-14-10/h4,6,8,10,14H,3,5,7H2,1-2H3. The van der Waals surface area contributed by atoms with Gasteiger partial charge in [0.15, 0.2) is 0 Å². The fourth-order valence-corrected chi connectivity index (χ4v) is 3.55. The topological polar surface area (TPSA) is 29.9 Å². The van der Waals surface area contributed by atoms with E-state index in [0.717, 1.165) is 12.2 Å². The van der Waals surface area contributed by atoms with Gasteiger partial charge < -0.3 is 5.32 Å². The number of nitrogens with one attached hydrogen (secondary N) is 1. The predicted molar refractivity (Wildman–Crippen MR) is 71.2 cm³/mol. The summed E-state index contributed by atoms with van der Waals surface area (Å²) in [6, 6.07) is 4.77. The minimum Gasteiger partial charge on any atom is -0.309 e. The summed E-state index contributed by atoms with van der Waals surface area (Å²) in [7, 11) is 2.06. The molecule has 3 heterocycles. The Kier molecular flexibility index (Phi) is 2.76. The fourth-order valence-electron chi connectivity index (χ4n) is 2.72. The van der Waals surface area contributed by atoms with Gasteiger partial charge in [-0.15, -0.1) is 11.3 Å². The molecular formula is C13H17N3S. The van der Waals surface area contributed by atoms with Crippen LogP contribution in [0.1, 0.15) is 30.3 Å². The maximum Gasteiger partial charge on any atom is 0.0683 e. The molecule has 1 N–H and O–H groups in total. The molecule has 0 radical (unpaired) electrons. The lowest BCUT2D eigenvalue weighted by molar-refractivity contribution is 0.574. The summed E-state index contributed by atoms with van der Waals surface area (Å²) >= 11 is 1.80. The van der Waals surface area contributed by atoms with E-state index in [1.807, 2.05) is 4.68 Å². The van der Waals surface area contributed by atoms with Crippen molar-refractivity contribution in [2.75, 3.05) is 6.54 Å². The molecule has 3 rings (SSSR count). The summed E-state index contributed by atoms with van der Waals surface area (Å²) in [5, 5.41) is 10.3. The smallest absolute Gasteiger partial charge is 0.0683 e. The van der Waals surface area contributed by atoms with Crippen LogP contribution in [0.15, 0.2) is 17.5 Å². The van der Waals surface area contributed by atoms with Crippen LogP contribution in [-0.4, -0.2) is 16.3 Å². The second-order valence-electron chi connectivity index (χ2n) is 4.60. The predicted octanol–water partition coefficient (Wildman–Crippen LogP) is 2.88. The zero-order chi connectivity index (χ0) is 11.8. The third-order valence-electron chi connectivity index (χ3n) is 3.42. The lowest BCUT2D eigenvalue weighted by Gasteiger charge is -2.13. The molecule has 2 aromatic rings. The summed E-state index contributed by atoms with van der Waals surface area (Å²) in [5.74, 6) is 0. The van der Waals surface area contributed by atoms with Gasteiger partial charge in [-0.1, -0.05) is 6.07 Å². The van der Waals surface area contributed by atoms with Gasteiger partial charge in [0.05, 0.1) is 11.4 Å². The van der Waals surface area contributed by atoms with Crippen molar-refractivity contribution in [1.82, 2.24) is 15.1 Å². The first kappa shape index (κ1) is 11.0. The molecule has 90 valence electrons. The number of hydrogen-bond acceptors (Lipinski definition) is 3. The van der Waals surface area contributed by atoms with Crippen LogP contribution in [0, 0.1) is 6.92 Å². The van der Waals surface area contributed by atoms with Gasteiger partial charge in [0.25, 0.3) is 0 Å². The lowest BCUT2D eigenvalue weighted by Crippen LogP contribution is -2.16. The number of rotatable bonds is 2. The number of nitrogens with zero attached hydrogens (tertiary/aromatic N) is 2. The molecule has 1 saturated heterocycles.